The van der Waals surface area contributed by atoms with Crippen molar-refractivity contribution in [2.75, 3.05) is 0 Å². The predicted octanol–water partition coefficient (Wildman–Crippen LogP) is 2.75. The summed E-state index contributed by atoms with van der Waals surface area (Å²) in [6, 6.07) is 4.02. The van der Waals surface area contributed by atoms with Gasteiger partial charge in [-0.05, 0) is 18.2 Å². The minimum atomic E-state index is 0.372. The Bertz CT molecular complexity index is 460. The molecule has 2 nitrogen and oxygen atoms in total. The number of pyridine rings is 1. The molecule has 0 N–H and O–H groups in total. The largest absolute Gasteiger partial charge is 0.236 e. The molecule has 3 rings (SSSR count). The summed E-state index contributed by atoms with van der Waals surface area (Å²) in [6.45, 7) is 0. The Kier molecular flexibility index (Phi) is 1.77. The first-order valence-corrected chi connectivity index (χ1v) is 5.36. The first kappa shape index (κ1) is 8.00. The molecule has 1 aromatic rings. The summed E-state index contributed by atoms with van der Waals surface area (Å²) in [5.74, 6) is 0.851. The topological polar surface area (TPSA) is 25.2 Å². The molecule has 0 aromatic carbocycles. The van der Waals surface area contributed by atoms with Crippen LogP contribution in [0.3, 0.4) is 0 Å². The third-order valence-electron chi connectivity index (χ3n) is 2.20. The Morgan fingerprint density at radius 3 is 3.29 bits per heavy atom. The lowest BCUT2D eigenvalue weighted by atomic mass is 10.1. The number of allylic oxidation sites excluding steroid dienone is 3. The van der Waals surface area contributed by atoms with Gasteiger partial charge in [0.1, 0.15) is 0 Å². The van der Waals surface area contributed by atoms with E-state index in [0.717, 1.165) is 11.5 Å². The average molecular weight is 200 g/mol. The molecule has 0 amide bonds. The van der Waals surface area contributed by atoms with Crippen molar-refractivity contribution in [3.8, 4) is 0 Å². The first-order valence-electron chi connectivity index (χ1n) is 4.48. The minimum absolute atomic E-state index is 0.372. The number of aromatic nitrogens is 1. The van der Waals surface area contributed by atoms with Gasteiger partial charge in [0.2, 0.25) is 0 Å². The number of aliphatic imine (C=N–C) groups is 1. The maximum absolute atomic E-state index is 4.51. The van der Waals surface area contributed by atoms with Gasteiger partial charge in [0.15, 0.2) is 5.82 Å². The monoisotopic (exact) mass is 200 g/mol. The van der Waals surface area contributed by atoms with Gasteiger partial charge in [-0.1, -0.05) is 18.2 Å². The summed E-state index contributed by atoms with van der Waals surface area (Å²) >= 11 is 1.81. The zero-order valence-corrected chi connectivity index (χ0v) is 8.24. The molecule has 68 valence electrons. The van der Waals surface area contributed by atoms with Gasteiger partial charge in [0.25, 0.3) is 0 Å². The second-order valence-electron chi connectivity index (χ2n) is 3.14. The number of fused-ring (bicyclic) bond motifs is 2. The van der Waals surface area contributed by atoms with E-state index < -0.39 is 0 Å². The molecule has 1 unspecified atom stereocenters. The highest BCUT2D eigenvalue weighted by Crippen LogP contribution is 2.37. The van der Waals surface area contributed by atoms with Crippen LogP contribution in [0.4, 0.5) is 5.82 Å². The quantitative estimate of drug-likeness (QED) is 0.643. The predicted molar refractivity (Wildman–Crippen MR) is 59.3 cm³/mol. The standard InChI is InChI=1S/C11H8N2S/c1-2-5-9-8(4-1)13-11-10(14-9)6-3-7-12-11/h1-7,9H. The zero-order valence-electron chi connectivity index (χ0n) is 7.42. The summed E-state index contributed by atoms with van der Waals surface area (Å²) in [5, 5.41) is 0.372. The van der Waals surface area contributed by atoms with Crippen LogP contribution in [-0.2, 0) is 0 Å². The Morgan fingerprint density at radius 2 is 2.29 bits per heavy atom. The molecule has 1 aromatic heterocycles. The highest BCUT2D eigenvalue weighted by atomic mass is 32.2. The SMILES string of the molecule is C1=CC2=Nc3ncccc3SC2C=C1. The van der Waals surface area contributed by atoms with Crippen molar-refractivity contribution in [2.45, 2.75) is 10.1 Å². The lowest BCUT2D eigenvalue weighted by Gasteiger charge is -2.20. The van der Waals surface area contributed by atoms with Gasteiger partial charge in [-0.2, -0.15) is 0 Å². The van der Waals surface area contributed by atoms with E-state index in [4.69, 9.17) is 0 Å². The molecule has 0 saturated carbocycles. The van der Waals surface area contributed by atoms with E-state index >= 15 is 0 Å². The number of rotatable bonds is 0. The van der Waals surface area contributed by atoms with Crippen LogP contribution in [0, 0.1) is 0 Å². The second-order valence-corrected chi connectivity index (χ2v) is 4.33. The molecule has 0 fully saturated rings. The Labute approximate surface area is 86.5 Å². The van der Waals surface area contributed by atoms with Crippen molar-refractivity contribution >= 4 is 23.3 Å². The number of hydrogen-bond acceptors (Lipinski definition) is 3. The van der Waals surface area contributed by atoms with Crippen LogP contribution in [0.15, 0.2) is 52.5 Å². The summed E-state index contributed by atoms with van der Waals surface area (Å²) in [7, 11) is 0. The molecule has 0 spiro atoms. The average Bonchev–Trinajstić information content (AvgIpc) is 2.26. The number of nitrogens with zero attached hydrogens (tertiary/aromatic N) is 2. The third kappa shape index (κ3) is 1.21. The van der Waals surface area contributed by atoms with Crippen molar-refractivity contribution in [2.24, 2.45) is 4.99 Å². The van der Waals surface area contributed by atoms with Crippen molar-refractivity contribution in [1.29, 1.82) is 0 Å². The number of hydrogen-bond donors (Lipinski definition) is 0. The molecule has 0 bridgehead atoms. The van der Waals surface area contributed by atoms with Crippen LogP contribution in [-0.4, -0.2) is 15.9 Å². The summed E-state index contributed by atoms with van der Waals surface area (Å²) in [5.41, 5.74) is 1.10. The molecule has 0 saturated heterocycles. The van der Waals surface area contributed by atoms with Gasteiger partial charge >= 0.3 is 0 Å². The second kappa shape index (κ2) is 3.10. The van der Waals surface area contributed by atoms with E-state index in [0.29, 0.717) is 5.25 Å². The van der Waals surface area contributed by atoms with E-state index in [1.807, 2.05) is 23.9 Å². The van der Waals surface area contributed by atoms with Gasteiger partial charge in [-0.25, -0.2) is 9.98 Å². The normalized spacial score (nSPS) is 22.6. The molecular formula is C11H8N2S. The van der Waals surface area contributed by atoms with Gasteiger partial charge in [-0.3, -0.25) is 0 Å². The minimum Gasteiger partial charge on any atom is -0.236 e. The molecule has 0 radical (unpaired) electrons. The summed E-state index contributed by atoms with van der Waals surface area (Å²) < 4.78 is 0. The maximum Gasteiger partial charge on any atom is 0.165 e. The first-order chi connectivity index (χ1) is 6.93. The molecule has 1 aliphatic heterocycles. The zero-order chi connectivity index (χ0) is 9.38. The Hall–Kier alpha value is -1.35. The Balaban J connectivity index is 2.13. The fourth-order valence-corrected chi connectivity index (χ4v) is 2.59. The smallest absolute Gasteiger partial charge is 0.165 e. The molecule has 1 atom stereocenters. The van der Waals surface area contributed by atoms with Crippen molar-refractivity contribution < 1.29 is 0 Å². The molecule has 14 heavy (non-hydrogen) atoms. The van der Waals surface area contributed by atoms with Crippen LogP contribution in [0.25, 0.3) is 0 Å². The van der Waals surface area contributed by atoms with Crippen LogP contribution < -0.4 is 0 Å². The van der Waals surface area contributed by atoms with Crippen molar-refractivity contribution in [3.05, 3.63) is 42.6 Å². The van der Waals surface area contributed by atoms with Crippen molar-refractivity contribution in [3.63, 3.8) is 0 Å². The lowest BCUT2D eigenvalue weighted by Crippen LogP contribution is -2.16. The molecule has 2 aliphatic rings. The maximum atomic E-state index is 4.51. The summed E-state index contributed by atoms with van der Waals surface area (Å²) in [6.07, 6.45) is 10.1. The van der Waals surface area contributed by atoms with Crippen LogP contribution >= 0.6 is 11.8 Å². The van der Waals surface area contributed by atoms with Gasteiger partial charge in [0.05, 0.1) is 15.9 Å². The molecular weight excluding hydrogens is 192 g/mol. The molecule has 1 aliphatic carbocycles. The van der Waals surface area contributed by atoms with E-state index in [1.165, 1.54) is 4.90 Å². The highest BCUT2D eigenvalue weighted by Gasteiger charge is 2.21. The Morgan fingerprint density at radius 1 is 1.29 bits per heavy atom. The van der Waals surface area contributed by atoms with E-state index in [9.17, 15) is 0 Å². The molecule has 3 heteroatoms. The van der Waals surface area contributed by atoms with E-state index in [-0.39, 0.29) is 0 Å². The van der Waals surface area contributed by atoms with Crippen LogP contribution in [0.1, 0.15) is 0 Å². The highest BCUT2D eigenvalue weighted by molar-refractivity contribution is 8.01. The van der Waals surface area contributed by atoms with E-state index in [1.54, 1.807) is 6.20 Å². The summed E-state index contributed by atoms with van der Waals surface area (Å²) in [4.78, 5) is 9.93. The fourth-order valence-electron chi connectivity index (χ4n) is 1.53. The van der Waals surface area contributed by atoms with Gasteiger partial charge in [-0.15, -0.1) is 11.8 Å². The van der Waals surface area contributed by atoms with Crippen LogP contribution in [0.5, 0.6) is 0 Å². The fraction of sp³-hybridized carbons (Fsp3) is 0.0909. The van der Waals surface area contributed by atoms with Gasteiger partial charge < -0.3 is 0 Å². The van der Waals surface area contributed by atoms with Crippen molar-refractivity contribution in [1.82, 2.24) is 4.98 Å². The molecule has 2 heterocycles. The third-order valence-corrected chi connectivity index (χ3v) is 3.42. The van der Waals surface area contributed by atoms with E-state index in [2.05, 4.69) is 34.3 Å². The van der Waals surface area contributed by atoms with Gasteiger partial charge in [0, 0.05) is 6.20 Å². The van der Waals surface area contributed by atoms with Crippen LogP contribution in [0.2, 0.25) is 0 Å². The lowest BCUT2D eigenvalue weighted by molar-refractivity contribution is 1.17. The number of thioether (sulfide) groups is 1.